The lowest BCUT2D eigenvalue weighted by atomic mass is 9.88. The standard InChI is InChI=1S/C28H37F2N5O2.CH4/c1-20-16-34(22(14-31-20)17-33-9-11-37-12-10-33)18-26(36)35-19-27(2,3)23-15-32-25(13-24(23)35)28(29,30)21-7-5-4-6-8-21;/h4-8,13,15,20,22,31H,9-12,14,16-19H2,1-3H3;1H4/t20-,22-;/m1./s1. The summed E-state index contributed by atoms with van der Waals surface area (Å²) in [5, 5.41) is 3.55. The maximum atomic E-state index is 15.4. The first-order valence-electron chi connectivity index (χ1n) is 13.2. The summed E-state index contributed by atoms with van der Waals surface area (Å²) < 4.78 is 36.2. The van der Waals surface area contributed by atoms with Crippen molar-refractivity contribution in [1.82, 2.24) is 20.1 Å². The molecule has 0 radical (unpaired) electrons. The van der Waals surface area contributed by atoms with Crippen LogP contribution < -0.4 is 10.2 Å². The molecular weight excluding hydrogens is 488 g/mol. The Balaban J connectivity index is 0.00000336. The SMILES string of the molecule is C.C[C@@H]1CN(CC(=O)N2CC(C)(C)c3cnc(C(F)(F)c4ccccc4)cc32)[C@@H](CN2CCOCC2)CN1. The zero-order valence-corrected chi connectivity index (χ0v) is 21.9. The molecule has 0 unspecified atom stereocenters. The molecule has 7 nitrogen and oxygen atoms in total. The highest BCUT2D eigenvalue weighted by molar-refractivity contribution is 5.97. The van der Waals surface area contributed by atoms with Crippen LogP contribution in [0, 0.1) is 0 Å². The molecule has 2 atom stereocenters. The number of hydrogen-bond acceptors (Lipinski definition) is 6. The molecule has 2 saturated heterocycles. The normalized spacial score (nSPS) is 24.1. The molecule has 3 aliphatic rings. The number of hydrogen-bond donors (Lipinski definition) is 1. The van der Waals surface area contributed by atoms with E-state index in [0.717, 1.165) is 51.5 Å². The van der Waals surface area contributed by atoms with Crippen LogP contribution in [0.5, 0.6) is 0 Å². The van der Waals surface area contributed by atoms with Gasteiger partial charge in [0.15, 0.2) is 0 Å². The molecule has 1 amide bonds. The fraction of sp³-hybridized carbons (Fsp3) is 0.586. The molecule has 0 saturated carbocycles. The van der Waals surface area contributed by atoms with Crippen molar-refractivity contribution in [1.29, 1.82) is 0 Å². The molecule has 0 bridgehead atoms. The highest BCUT2D eigenvalue weighted by Gasteiger charge is 2.43. The van der Waals surface area contributed by atoms with Crippen LogP contribution >= 0.6 is 0 Å². The Hall–Kier alpha value is -2.46. The lowest BCUT2D eigenvalue weighted by Crippen LogP contribution is -2.61. The van der Waals surface area contributed by atoms with Gasteiger partial charge in [-0.15, -0.1) is 0 Å². The summed E-state index contributed by atoms with van der Waals surface area (Å²) in [5.41, 5.74) is 0.547. The van der Waals surface area contributed by atoms with E-state index >= 15 is 8.78 Å². The molecule has 0 aliphatic carbocycles. The van der Waals surface area contributed by atoms with Crippen LogP contribution in [0.2, 0.25) is 0 Å². The van der Waals surface area contributed by atoms with E-state index in [1.807, 2.05) is 13.8 Å². The van der Waals surface area contributed by atoms with Crippen molar-refractivity contribution in [3.05, 3.63) is 59.4 Å². The largest absolute Gasteiger partial charge is 0.379 e. The minimum absolute atomic E-state index is 0. The summed E-state index contributed by atoms with van der Waals surface area (Å²) in [6, 6.07) is 9.60. The maximum Gasteiger partial charge on any atom is 0.314 e. The number of benzene rings is 1. The Morgan fingerprint density at radius 2 is 1.92 bits per heavy atom. The summed E-state index contributed by atoms with van der Waals surface area (Å²) in [7, 11) is 0. The lowest BCUT2D eigenvalue weighted by Gasteiger charge is -2.42. The minimum atomic E-state index is -3.25. The van der Waals surface area contributed by atoms with Crippen molar-refractivity contribution in [3.8, 4) is 0 Å². The van der Waals surface area contributed by atoms with Crippen LogP contribution in [0.15, 0.2) is 42.6 Å². The topological polar surface area (TPSA) is 60.9 Å². The second kappa shape index (κ2) is 11.3. The van der Waals surface area contributed by atoms with Crippen LogP contribution in [0.4, 0.5) is 14.5 Å². The zero-order chi connectivity index (χ0) is 26.2. The molecule has 2 aromatic rings. The highest BCUT2D eigenvalue weighted by Crippen LogP contribution is 2.43. The molecule has 9 heteroatoms. The number of anilines is 1. The third-order valence-electron chi connectivity index (χ3n) is 7.85. The second-order valence-electron chi connectivity index (χ2n) is 11.2. The van der Waals surface area contributed by atoms with Gasteiger partial charge >= 0.3 is 5.92 Å². The molecule has 1 aromatic heterocycles. The van der Waals surface area contributed by atoms with Crippen LogP contribution in [0.3, 0.4) is 0 Å². The number of rotatable bonds is 6. The van der Waals surface area contributed by atoms with E-state index in [9.17, 15) is 4.79 Å². The highest BCUT2D eigenvalue weighted by atomic mass is 19.3. The van der Waals surface area contributed by atoms with Crippen molar-refractivity contribution in [2.45, 2.75) is 51.6 Å². The molecule has 0 spiro atoms. The number of fused-ring (bicyclic) bond motifs is 1. The first-order chi connectivity index (χ1) is 17.6. The Morgan fingerprint density at radius 1 is 1.21 bits per heavy atom. The number of ether oxygens (including phenoxy) is 1. The van der Waals surface area contributed by atoms with E-state index in [0.29, 0.717) is 12.2 Å². The van der Waals surface area contributed by atoms with Crippen LogP contribution in [-0.2, 0) is 20.9 Å². The number of piperazine rings is 1. The summed E-state index contributed by atoms with van der Waals surface area (Å²) in [5.74, 6) is -3.32. The fourth-order valence-electron chi connectivity index (χ4n) is 5.69. The molecule has 3 aliphatic heterocycles. The summed E-state index contributed by atoms with van der Waals surface area (Å²) in [6.45, 7) is 12.6. The molecule has 1 N–H and O–H groups in total. The smallest absolute Gasteiger partial charge is 0.314 e. The van der Waals surface area contributed by atoms with E-state index in [1.54, 1.807) is 23.1 Å². The molecule has 4 heterocycles. The molecule has 5 rings (SSSR count). The van der Waals surface area contributed by atoms with Gasteiger partial charge in [0, 0.05) is 74.1 Å². The Morgan fingerprint density at radius 3 is 2.63 bits per heavy atom. The number of carbonyl (C=O) groups excluding carboxylic acids is 1. The van der Waals surface area contributed by atoms with Gasteiger partial charge < -0.3 is 15.0 Å². The van der Waals surface area contributed by atoms with E-state index in [2.05, 4.69) is 27.0 Å². The van der Waals surface area contributed by atoms with Gasteiger partial charge in [0.2, 0.25) is 5.91 Å². The third kappa shape index (κ3) is 5.76. The first-order valence-corrected chi connectivity index (χ1v) is 13.2. The van der Waals surface area contributed by atoms with Crippen molar-refractivity contribution >= 4 is 11.6 Å². The molecule has 2 fully saturated rings. The Bertz CT molecular complexity index is 1110. The number of aromatic nitrogens is 1. The predicted molar refractivity (Wildman–Crippen MR) is 146 cm³/mol. The van der Waals surface area contributed by atoms with Crippen molar-refractivity contribution < 1.29 is 18.3 Å². The van der Waals surface area contributed by atoms with Gasteiger partial charge in [-0.25, -0.2) is 0 Å². The third-order valence-corrected chi connectivity index (χ3v) is 7.85. The monoisotopic (exact) mass is 529 g/mol. The number of pyridine rings is 1. The Labute approximate surface area is 225 Å². The van der Waals surface area contributed by atoms with Crippen LogP contribution in [-0.4, -0.2) is 91.8 Å². The van der Waals surface area contributed by atoms with E-state index in [4.69, 9.17) is 4.74 Å². The van der Waals surface area contributed by atoms with Crippen molar-refractivity contribution in [2.24, 2.45) is 0 Å². The van der Waals surface area contributed by atoms with Gasteiger partial charge in [0.1, 0.15) is 5.69 Å². The average Bonchev–Trinajstić information content (AvgIpc) is 3.17. The lowest BCUT2D eigenvalue weighted by molar-refractivity contribution is -0.121. The van der Waals surface area contributed by atoms with Crippen LogP contribution in [0.1, 0.15) is 45.0 Å². The summed E-state index contributed by atoms with van der Waals surface area (Å²) in [4.78, 5) is 24.3. The second-order valence-corrected chi connectivity index (χ2v) is 11.2. The Kier molecular flexibility index (Phi) is 8.52. The van der Waals surface area contributed by atoms with Crippen molar-refractivity contribution in [3.63, 3.8) is 0 Å². The molecule has 1 aromatic carbocycles. The predicted octanol–water partition coefficient (Wildman–Crippen LogP) is 3.48. The van der Waals surface area contributed by atoms with Gasteiger partial charge in [0.05, 0.1) is 25.4 Å². The van der Waals surface area contributed by atoms with Crippen LogP contribution in [0.25, 0.3) is 0 Å². The number of nitrogens with one attached hydrogen (secondary N) is 1. The minimum Gasteiger partial charge on any atom is -0.379 e. The van der Waals surface area contributed by atoms with Crippen molar-refractivity contribution in [2.75, 3.05) is 63.9 Å². The first kappa shape index (κ1) is 28.5. The number of halogens is 2. The fourth-order valence-corrected chi connectivity index (χ4v) is 5.69. The van der Waals surface area contributed by atoms with Gasteiger partial charge in [-0.2, -0.15) is 8.78 Å². The molecule has 38 heavy (non-hydrogen) atoms. The zero-order valence-electron chi connectivity index (χ0n) is 21.9. The molecule has 208 valence electrons. The van der Waals surface area contributed by atoms with Gasteiger partial charge in [-0.3, -0.25) is 19.6 Å². The number of amides is 1. The van der Waals surface area contributed by atoms with Gasteiger partial charge in [-0.05, 0) is 13.0 Å². The number of morpholine rings is 1. The summed E-state index contributed by atoms with van der Waals surface area (Å²) >= 11 is 0. The van der Waals surface area contributed by atoms with E-state index < -0.39 is 5.92 Å². The quantitative estimate of drug-likeness (QED) is 0.619. The van der Waals surface area contributed by atoms with E-state index in [-0.39, 0.29) is 48.6 Å². The average molecular weight is 530 g/mol. The van der Waals surface area contributed by atoms with Gasteiger partial charge in [0.25, 0.3) is 0 Å². The number of nitrogens with zero attached hydrogens (tertiary/aromatic N) is 4. The van der Waals surface area contributed by atoms with E-state index in [1.165, 1.54) is 24.4 Å². The van der Waals surface area contributed by atoms with Gasteiger partial charge in [-0.1, -0.05) is 51.6 Å². The maximum absolute atomic E-state index is 15.4. The summed E-state index contributed by atoms with van der Waals surface area (Å²) in [6.07, 6.45) is 1.53. The number of carbonyl (C=O) groups is 1. The molecular formula is C29H41F2N5O2. The number of alkyl halides is 2.